The van der Waals surface area contributed by atoms with Crippen LogP contribution in [0.3, 0.4) is 0 Å². The summed E-state index contributed by atoms with van der Waals surface area (Å²) in [5, 5.41) is 1.09. The molecule has 3 heteroatoms. The topological polar surface area (TPSA) is 42.1 Å². The predicted octanol–water partition coefficient (Wildman–Crippen LogP) is 3.60. The highest BCUT2D eigenvalue weighted by molar-refractivity contribution is 5.96. The van der Waals surface area contributed by atoms with E-state index in [0.29, 0.717) is 18.1 Å². The monoisotopic (exact) mass is 245 g/mol. The average molecular weight is 245 g/mol. The van der Waals surface area contributed by atoms with E-state index in [0.717, 1.165) is 16.6 Å². The fraction of sp³-hybridized carbons (Fsp3) is 0.400. The minimum atomic E-state index is -0.246. The quantitative estimate of drug-likeness (QED) is 0.839. The molecule has 1 heterocycles. The fourth-order valence-electron chi connectivity index (χ4n) is 1.91. The molecule has 1 aromatic heterocycles. The highest BCUT2D eigenvalue weighted by Crippen LogP contribution is 2.22. The third-order valence-electron chi connectivity index (χ3n) is 3.09. The lowest BCUT2D eigenvalue weighted by Crippen LogP contribution is -2.10. The number of carbonyl (C=O) groups excluding carboxylic acids is 1. The number of fused-ring (bicyclic) bond motifs is 1. The summed E-state index contributed by atoms with van der Waals surface area (Å²) in [6.07, 6.45) is 0. The Morgan fingerprint density at radius 2 is 2.06 bits per heavy atom. The van der Waals surface area contributed by atoms with Crippen LogP contribution in [0.25, 0.3) is 10.9 Å². The second-order valence-corrected chi connectivity index (χ2v) is 5.13. The summed E-state index contributed by atoms with van der Waals surface area (Å²) < 4.78 is 5.24. The van der Waals surface area contributed by atoms with Crippen molar-refractivity contribution in [3.63, 3.8) is 0 Å². The lowest BCUT2D eigenvalue weighted by molar-refractivity contribution is 0.0459. The minimum absolute atomic E-state index is 0.246. The first-order valence-electron chi connectivity index (χ1n) is 6.25. The maximum atomic E-state index is 11.9. The molecule has 0 saturated carbocycles. The lowest BCUT2D eigenvalue weighted by Gasteiger charge is -2.07. The Bertz CT molecular complexity index is 581. The van der Waals surface area contributed by atoms with Crippen molar-refractivity contribution in [3.8, 4) is 0 Å². The molecule has 0 radical (unpaired) electrons. The normalized spacial score (nSPS) is 11.2. The SMILES string of the molecule is Cc1[nH]c2ccc(C(=O)OCC(C)C)cc2c1C. The second-order valence-electron chi connectivity index (χ2n) is 5.13. The van der Waals surface area contributed by atoms with E-state index in [-0.39, 0.29) is 5.97 Å². The number of esters is 1. The van der Waals surface area contributed by atoms with Crippen LogP contribution < -0.4 is 0 Å². The first-order chi connectivity index (χ1) is 8.49. The predicted molar refractivity (Wildman–Crippen MR) is 72.9 cm³/mol. The number of hydrogen-bond donors (Lipinski definition) is 1. The maximum absolute atomic E-state index is 11.9. The van der Waals surface area contributed by atoms with Crippen molar-refractivity contribution in [2.24, 2.45) is 5.92 Å². The van der Waals surface area contributed by atoms with E-state index in [2.05, 4.69) is 11.9 Å². The minimum Gasteiger partial charge on any atom is -0.462 e. The summed E-state index contributed by atoms with van der Waals surface area (Å²) >= 11 is 0. The zero-order valence-corrected chi connectivity index (χ0v) is 11.3. The van der Waals surface area contributed by atoms with Crippen molar-refractivity contribution in [3.05, 3.63) is 35.0 Å². The van der Waals surface area contributed by atoms with Gasteiger partial charge in [-0.15, -0.1) is 0 Å². The van der Waals surface area contributed by atoms with Gasteiger partial charge in [0.2, 0.25) is 0 Å². The number of hydrogen-bond acceptors (Lipinski definition) is 2. The molecule has 1 aromatic carbocycles. The Hall–Kier alpha value is -1.77. The molecule has 0 atom stereocenters. The molecular weight excluding hydrogens is 226 g/mol. The Kier molecular flexibility index (Phi) is 3.41. The van der Waals surface area contributed by atoms with Crippen LogP contribution in [-0.2, 0) is 4.74 Å². The van der Waals surface area contributed by atoms with Crippen molar-refractivity contribution >= 4 is 16.9 Å². The van der Waals surface area contributed by atoms with Gasteiger partial charge < -0.3 is 9.72 Å². The van der Waals surface area contributed by atoms with Gasteiger partial charge in [-0.1, -0.05) is 13.8 Å². The largest absolute Gasteiger partial charge is 0.462 e. The Morgan fingerprint density at radius 1 is 1.33 bits per heavy atom. The molecule has 0 aliphatic heterocycles. The molecule has 0 amide bonds. The van der Waals surface area contributed by atoms with Crippen LogP contribution in [0, 0.1) is 19.8 Å². The van der Waals surface area contributed by atoms with E-state index in [4.69, 9.17) is 4.74 Å². The Morgan fingerprint density at radius 3 is 2.72 bits per heavy atom. The molecule has 0 unspecified atom stereocenters. The number of aryl methyl sites for hydroxylation is 2. The van der Waals surface area contributed by atoms with Crippen molar-refractivity contribution in [2.75, 3.05) is 6.61 Å². The molecule has 1 N–H and O–H groups in total. The van der Waals surface area contributed by atoms with Crippen LogP contribution in [0.5, 0.6) is 0 Å². The fourth-order valence-corrected chi connectivity index (χ4v) is 1.91. The van der Waals surface area contributed by atoms with Crippen LogP contribution in [0.1, 0.15) is 35.5 Å². The summed E-state index contributed by atoms with van der Waals surface area (Å²) in [5.41, 5.74) is 4.00. The van der Waals surface area contributed by atoms with E-state index < -0.39 is 0 Å². The molecule has 2 rings (SSSR count). The highest BCUT2D eigenvalue weighted by Gasteiger charge is 2.11. The van der Waals surface area contributed by atoms with Crippen LogP contribution in [0.4, 0.5) is 0 Å². The van der Waals surface area contributed by atoms with Gasteiger partial charge in [-0.05, 0) is 43.5 Å². The number of nitrogens with one attached hydrogen (secondary N) is 1. The molecule has 0 aliphatic rings. The molecule has 0 bridgehead atoms. The Labute approximate surface area is 107 Å². The summed E-state index contributed by atoms with van der Waals surface area (Å²) in [6, 6.07) is 5.64. The number of rotatable bonds is 3. The number of benzene rings is 1. The summed E-state index contributed by atoms with van der Waals surface area (Å²) in [6.45, 7) is 8.60. The van der Waals surface area contributed by atoms with Crippen molar-refractivity contribution in [2.45, 2.75) is 27.7 Å². The van der Waals surface area contributed by atoms with Gasteiger partial charge >= 0.3 is 5.97 Å². The molecule has 0 fully saturated rings. The summed E-state index contributed by atoms with van der Waals surface area (Å²) in [7, 11) is 0. The maximum Gasteiger partial charge on any atom is 0.338 e. The van der Waals surface area contributed by atoms with Gasteiger partial charge in [0.15, 0.2) is 0 Å². The molecule has 0 spiro atoms. The van der Waals surface area contributed by atoms with Crippen molar-refractivity contribution in [1.29, 1.82) is 0 Å². The van der Waals surface area contributed by atoms with E-state index in [1.807, 2.05) is 32.9 Å². The van der Waals surface area contributed by atoms with E-state index in [9.17, 15) is 4.79 Å². The van der Waals surface area contributed by atoms with Gasteiger partial charge in [-0.2, -0.15) is 0 Å². The number of H-pyrrole nitrogens is 1. The first kappa shape index (κ1) is 12.7. The van der Waals surface area contributed by atoms with E-state index in [1.165, 1.54) is 5.56 Å². The molecular formula is C15H19NO2. The summed E-state index contributed by atoms with van der Waals surface area (Å²) in [4.78, 5) is 15.2. The molecule has 0 aliphatic carbocycles. The van der Waals surface area contributed by atoms with Crippen LogP contribution in [0.2, 0.25) is 0 Å². The number of aromatic amines is 1. The average Bonchev–Trinajstić information content (AvgIpc) is 2.62. The van der Waals surface area contributed by atoms with Gasteiger partial charge in [0.1, 0.15) is 0 Å². The molecule has 96 valence electrons. The zero-order chi connectivity index (χ0) is 13.3. The van der Waals surface area contributed by atoms with Gasteiger partial charge in [-0.25, -0.2) is 4.79 Å². The van der Waals surface area contributed by atoms with Gasteiger partial charge in [-0.3, -0.25) is 0 Å². The third kappa shape index (κ3) is 2.40. The molecule has 18 heavy (non-hydrogen) atoms. The van der Waals surface area contributed by atoms with Gasteiger partial charge in [0.25, 0.3) is 0 Å². The van der Waals surface area contributed by atoms with E-state index in [1.54, 1.807) is 6.07 Å². The lowest BCUT2D eigenvalue weighted by atomic mass is 10.1. The van der Waals surface area contributed by atoms with Crippen LogP contribution >= 0.6 is 0 Å². The van der Waals surface area contributed by atoms with E-state index >= 15 is 0 Å². The smallest absolute Gasteiger partial charge is 0.338 e. The second kappa shape index (κ2) is 4.84. The molecule has 3 nitrogen and oxygen atoms in total. The van der Waals surface area contributed by atoms with Crippen LogP contribution in [-0.4, -0.2) is 17.6 Å². The standard InChI is InChI=1S/C15H19NO2/c1-9(2)8-18-15(17)12-5-6-14-13(7-12)10(3)11(4)16-14/h5-7,9,16H,8H2,1-4H3. The first-order valence-corrected chi connectivity index (χ1v) is 6.25. The highest BCUT2D eigenvalue weighted by atomic mass is 16.5. The van der Waals surface area contributed by atoms with Crippen LogP contribution in [0.15, 0.2) is 18.2 Å². The Balaban J connectivity index is 2.29. The number of ether oxygens (including phenoxy) is 1. The zero-order valence-electron chi connectivity index (χ0n) is 11.3. The third-order valence-corrected chi connectivity index (χ3v) is 3.09. The molecule has 2 aromatic rings. The summed E-state index contributed by atoms with van der Waals surface area (Å²) in [5.74, 6) is 0.109. The van der Waals surface area contributed by atoms with Gasteiger partial charge in [0, 0.05) is 16.6 Å². The van der Waals surface area contributed by atoms with Crippen molar-refractivity contribution < 1.29 is 9.53 Å². The van der Waals surface area contributed by atoms with Gasteiger partial charge in [0.05, 0.1) is 12.2 Å². The molecule has 0 saturated heterocycles. The number of carbonyl (C=O) groups is 1. The number of aromatic nitrogens is 1. The van der Waals surface area contributed by atoms with Crippen molar-refractivity contribution in [1.82, 2.24) is 4.98 Å².